The van der Waals surface area contributed by atoms with E-state index in [1.807, 2.05) is 0 Å². The van der Waals surface area contributed by atoms with Crippen LogP contribution < -0.4 is 0 Å². The summed E-state index contributed by atoms with van der Waals surface area (Å²) in [6, 6.07) is 0. The highest BCUT2D eigenvalue weighted by atomic mass is 14.1. The molecule has 144 valence electrons. The summed E-state index contributed by atoms with van der Waals surface area (Å²) in [5.41, 5.74) is 4.60. The van der Waals surface area contributed by atoms with Crippen LogP contribution in [0.1, 0.15) is 93.4 Å². The first-order valence-corrected chi connectivity index (χ1v) is 10.4. The Labute approximate surface area is 159 Å². The van der Waals surface area contributed by atoms with Gasteiger partial charge in [0, 0.05) is 0 Å². The summed E-state index contributed by atoms with van der Waals surface area (Å²) >= 11 is 0. The highest BCUT2D eigenvalue weighted by molar-refractivity contribution is 5.14. The summed E-state index contributed by atoms with van der Waals surface area (Å²) in [6.45, 7) is 19.9. The Kier molecular flexibility index (Phi) is 13.6. The topological polar surface area (TPSA) is 0 Å². The predicted molar refractivity (Wildman–Crippen MR) is 117 cm³/mol. The van der Waals surface area contributed by atoms with Gasteiger partial charge in [0.25, 0.3) is 0 Å². The summed E-state index contributed by atoms with van der Waals surface area (Å²) in [5.74, 6) is 2.04. The summed E-state index contributed by atoms with van der Waals surface area (Å²) in [6.07, 6.45) is 18.0. The Morgan fingerprint density at radius 1 is 0.920 bits per heavy atom. The van der Waals surface area contributed by atoms with E-state index < -0.39 is 0 Å². The van der Waals surface area contributed by atoms with E-state index in [1.165, 1.54) is 37.7 Å². The Morgan fingerprint density at radius 3 is 2.16 bits per heavy atom. The monoisotopic (exact) mass is 344 g/mol. The average Bonchev–Trinajstić information content (AvgIpc) is 2.53. The zero-order chi connectivity index (χ0) is 19.2. The standard InChI is InChI=1S/C25H44/c1-9-22(6)16-18-25(24(8)15-11-13-21(4)5)19-17-23(7)14-10-12-20(2)3/h9,13,17-18,20,22,24H,1,10-12,14-16,19H2,2-8H3/b23-17+,25-18-. The molecule has 0 heteroatoms. The molecular formula is C25H44. The molecule has 0 heterocycles. The average molecular weight is 345 g/mol. The van der Waals surface area contributed by atoms with Gasteiger partial charge in [-0.25, -0.2) is 0 Å². The van der Waals surface area contributed by atoms with Crippen LogP contribution in [-0.4, -0.2) is 0 Å². The van der Waals surface area contributed by atoms with Crippen LogP contribution in [0.2, 0.25) is 0 Å². The second-order valence-electron chi connectivity index (χ2n) is 8.53. The van der Waals surface area contributed by atoms with Gasteiger partial charge in [0.05, 0.1) is 0 Å². The molecule has 0 aliphatic heterocycles. The van der Waals surface area contributed by atoms with E-state index in [4.69, 9.17) is 0 Å². The number of hydrogen-bond acceptors (Lipinski definition) is 0. The second-order valence-corrected chi connectivity index (χ2v) is 8.53. The molecule has 2 atom stereocenters. The zero-order valence-electron chi connectivity index (χ0n) is 18.2. The van der Waals surface area contributed by atoms with Crippen LogP contribution in [0.15, 0.2) is 47.6 Å². The third-order valence-corrected chi connectivity index (χ3v) is 4.98. The second kappa shape index (κ2) is 14.2. The minimum absolute atomic E-state index is 0.566. The fraction of sp³-hybridized carbons (Fsp3) is 0.680. The van der Waals surface area contributed by atoms with E-state index in [1.54, 1.807) is 11.1 Å². The molecule has 0 amide bonds. The van der Waals surface area contributed by atoms with Gasteiger partial charge in [0.1, 0.15) is 0 Å². The van der Waals surface area contributed by atoms with Crippen LogP contribution in [-0.2, 0) is 0 Å². The van der Waals surface area contributed by atoms with Gasteiger partial charge in [-0.3, -0.25) is 0 Å². The summed E-state index contributed by atoms with van der Waals surface area (Å²) in [4.78, 5) is 0. The molecule has 0 nitrogen and oxygen atoms in total. The van der Waals surface area contributed by atoms with Crippen LogP contribution in [0.25, 0.3) is 0 Å². The lowest BCUT2D eigenvalue weighted by molar-refractivity contribution is 0.554. The van der Waals surface area contributed by atoms with Crippen molar-refractivity contribution in [2.45, 2.75) is 93.4 Å². The lowest BCUT2D eigenvalue weighted by atomic mass is 9.90. The fourth-order valence-corrected chi connectivity index (χ4v) is 2.91. The maximum Gasteiger partial charge on any atom is -0.0134 e. The largest absolute Gasteiger partial charge is 0.103 e. The van der Waals surface area contributed by atoms with Crippen molar-refractivity contribution in [1.29, 1.82) is 0 Å². The summed E-state index contributed by atoms with van der Waals surface area (Å²) in [5, 5.41) is 0. The molecule has 0 bridgehead atoms. The lowest BCUT2D eigenvalue weighted by Crippen LogP contribution is -2.01. The molecule has 0 saturated carbocycles. The van der Waals surface area contributed by atoms with Crippen molar-refractivity contribution in [3.63, 3.8) is 0 Å². The number of rotatable bonds is 13. The van der Waals surface area contributed by atoms with Crippen LogP contribution in [0.4, 0.5) is 0 Å². The first-order valence-electron chi connectivity index (χ1n) is 10.4. The molecule has 0 radical (unpaired) electrons. The zero-order valence-corrected chi connectivity index (χ0v) is 18.2. The first-order chi connectivity index (χ1) is 11.8. The van der Waals surface area contributed by atoms with Gasteiger partial charge in [-0.05, 0) is 77.0 Å². The van der Waals surface area contributed by atoms with Crippen LogP contribution in [0.3, 0.4) is 0 Å². The van der Waals surface area contributed by atoms with Crippen molar-refractivity contribution in [2.75, 3.05) is 0 Å². The molecule has 0 aliphatic carbocycles. The van der Waals surface area contributed by atoms with Gasteiger partial charge < -0.3 is 0 Å². The maximum atomic E-state index is 3.93. The maximum absolute atomic E-state index is 3.93. The highest BCUT2D eigenvalue weighted by Crippen LogP contribution is 2.24. The third kappa shape index (κ3) is 13.9. The molecule has 0 fully saturated rings. The molecule has 0 saturated heterocycles. The van der Waals surface area contributed by atoms with Crippen molar-refractivity contribution >= 4 is 0 Å². The molecule has 0 aromatic rings. The smallest absolute Gasteiger partial charge is 0.0134 e. The van der Waals surface area contributed by atoms with Gasteiger partial charge in [0.15, 0.2) is 0 Å². The molecule has 0 aromatic carbocycles. The fourth-order valence-electron chi connectivity index (χ4n) is 2.91. The van der Waals surface area contributed by atoms with Crippen molar-refractivity contribution < 1.29 is 0 Å². The van der Waals surface area contributed by atoms with Gasteiger partial charge in [-0.2, -0.15) is 0 Å². The highest BCUT2D eigenvalue weighted by Gasteiger charge is 2.08. The molecular weight excluding hydrogens is 300 g/mol. The predicted octanol–water partition coefficient (Wildman–Crippen LogP) is 8.67. The normalized spacial score (nSPS) is 15.2. The van der Waals surface area contributed by atoms with Gasteiger partial charge in [-0.1, -0.05) is 75.1 Å². The molecule has 2 unspecified atom stereocenters. The quantitative estimate of drug-likeness (QED) is 0.293. The van der Waals surface area contributed by atoms with E-state index in [9.17, 15) is 0 Å². The van der Waals surface area contributed by atoms with Crippen LogP contribution >= 0.6 is 0 Å². The van der Waals surface area contributed by atoms with Gasteiger partial charge >= 0.3 is 0 Å². The SMILES string of the molecule is C=CC(C)C/C=C(/C/C=C(\C)CCCC(C)C)C(C)CCC=C(C)C. The van der Waals surface area contributed by atoms with E-state index in [0.717, 1.165) is 18.8 Å². The van der Waals surface area contributed by atoms with Crippen LogP contribution in [0, 0.1) is 17.8 Å². The Hall–Kier alpha value is -1.04. The van der Waals surface area contributed by atoms with E-state index in [2.05, 4.69) is 79.3 Å². The van der Waals surface area contributed by atoms with Crippen molar-refractivity contribution in [2.24, 2.45) is 17.8 Å². The minimum Gasteiger partial charge on any atom is -0.103 e. The Balaban J connectivity index is 4.76. The number of hydrogen-bond donors (Lipinski definition) is 0. The molecule has 0 N–H and O–H groups in total. The van der Waals surface area contributed by atoms with Crippen molar-refractivity contribution in [1.82, 2.24) is 0 Å². The first kappa shape index (κ1) is 24.0. The van der Waals surface area contributed by atoms with E-state index in [0.29, 0.717) is 11.8 Å². The number of allylic oxidation sites excluding steroid dienone is 7. The Bertz CT molecular complexity index is 441. The molecule has 0 spiro atoms. The van der Waals surface area contributed by atoms with E-state index >= 15 is 0 Å². The van der Waals surface area contributed by atoms with Gasteiger partial charge in [-0.15, -0.1) is 6.58 Å². The minimum atomic E-state index is 0.566. The molecule has 0 aliphatic rings. The third-order valence-electron chi connectivity index (χ3n) is 4.98. The lowest BCUT2D eigenvalue weighted by Gasteiger charge is -2.16. The van der Waals surface area contributed by atoms with Gasteiger partial charge in [0.2, 0.25) is 0 Å². The van der Waals surface area contributed by atoms with Crippen molar-refractivity contribution in [3.8, 4) is 0 Å². The van der Waals surface area contributed by atoms with Crippen molar-refractivity contribution in [3.05, 3.63) is 47.6 Å². The molecule has 25 heavy (non-hydrogen) atoms. The summed E-state index contributed by atoms with van der Waals surface area (Å²) < 4.78 is 0. The summed E-state index contributed by atoms with van der Waals surface area (Å²) in [7, 11) is 0. The Morgan fingerprint density at radius 2 is 1.60 bits per heavy atom. The molecule has 0 rings (SSSR count). The molecule has 0 aromatic heterocycles. The van der Waals surface area contributed by atoms with Crippen LogP contribution in [0.5, 0.6) is 0 Å². The van der Waals surface area contributed by atoms with E-state index in [-0.39, 0.29) is 0 Å².